The summed E-state index contributed by atoms with van der Waals surface area (Å²) in [5.74, 6) is 0. The second-order valence-electron chi connectivity index (χ2n) is 4.81. The van der Waals surface area contributed by atoms with E-state index in [9.17, 15) is 0 Å². The van der Waals surface area contributed by atoms with E-state index in [2.05, 4.69) is 47.0 Å². The maximum absolute atomic E-state index is 4.55. The van der Waals surface area contributed by atoms with Gasteiger partial charge in [0, 0.05) is 29.9 Å². The summed E-state index contributed by atoms with van der Waals surface area (Å²) < 4.78 is 2.08. The number of rotatable bonds is 5. The van der Waals surface area contributed by atoms with Gasteiger partial charge in [0.15, 0.2) is 4.96 Å². The summed E-state index contributed by atoms with van der Waals surface area (Å²) >= 11 is 1.68. The average molecular weight is 237 g/mol. The van der Waals surface area contributed by atoms with Crippen molar-refractivity contribution in [2.75, 3.05) is 0 Å². The summed E-state index contributed by atoms with van der Waals surface area (Å²) in [5, 5.41) is 5.61. The first-order valence-corrected chi connectivity index (χ1v) is 6.65. The molecule has 4 heteroatoms. The Labute approximate surface area is 101 Å². The van der Waals surface area contributed by atoms with Crippen LogP contribution in [-0.2, 0) is 6.54 Å². The van der Waals surface area contributed by atoms with E-state index in [4.69, 9.17) is 0 Å². The molecule has 0 aromatic carbocycles. The quantitative estimate of drug-likeness (QED) is 0.866. The van der Waals surface area contributed by atoms with Crippen LogP contribution in [0.5, 0.6) is 0 Å². The van der Waals surface area contributed by atoms with Crippen molar-refractivity contribution in [1.82, 2.24) is 14.7 Å². The lowest BCUT2D eigenvalue weighted by Gasteiger charge is -2.25. The molecule has 16 heavy (non-hydrogen) atoms. The van der Waals surface area contributed by atoms with Gasteiger partial charge in [0.2, 0.25) is 0 Å². The van der Waals surface area contributed by atoms with E-state index < -0.39 is 0 Å². The van der Waals surface area contributed by atoms with Crippen LogP contribution >= 0.6 is 11.3 Å². The third-order valence-corrected chi connectivity index (χ3v) is 3.54. The highest BCUT2D eigenvalue weighted by Crippen LogP contribution is 2.14. The highest BCUT2D eigenvalue weighted by Gasteiger charge is 2.15. The van der Waals surface area contributed by atoms with E-state index in [0.29, 0.717) is 0 Å². The Morgan fingerprint density at radius 2 is 2.31 bits per heavy atom. The van der Waals surface area contributed by atoms with Crippen LogP contribution in [0.2, 0.25) is 0 Å². The van der Waals surface area contributed by atoms with Gasteiger partial charge < -0.3 is 5.32 Å². The molecule has 0 radical (unpaired) electrons. The van der Waals surface area contributed by atoms with E-state index in [0.717, 1.165) is 17.2 Å². The highest BCUT2D eigenvalue weighted by molar-refractivity contribution is 7.15. The number of nitrogens with zero attached hydrogens (tertiary/aromatic N) is 2. The third kappa shape index (κ3) is 2.62. The Bertz CT molecular complexity index is 427. The summed E-state index contributed by atoms with van der Waals surface area (Å²) in [4.78, 5) is 5.63. The second kappa shape index (κ2) is 4.55. The van der Waals surface area contributed by atoms with Crippen molar-refractivity contribution in [1.29, 1.82) is 0 Å². The largest absolute Gasteiger partial charge is 0.306 e. The summed E-state index contributed by atoms with van der Waals surface area (Å²) in [7, 11) is 0. The van der Waals surface area contributed by atoms with Gasteiger partial charge in [0.1, 0.15) is 0 Å². The summed E-state index contributed by atoms with van der Waals surface area (Å²) in [6, 6.07) is 0. The molecule has 1 N–H and O–H groups in total. The van der Waals surface area contributed by atoms with Gasteiger partial charge in [-0.2, -0.15) is 0 Å². The lowest BCUT2D eigenvalue weighted by Crippen LogP contribution is -2.38. The average Bonchev–Trinajstić information content (AvgIpc) is 2.73. The van der Waals surface area contributed by atoms with Crippen molar-refractivity contribution >= 4 is 16.3 Å². The predicted octanol–water partition coefficient (Wildman–Crippen LogP) is 3.06. The molecule has 0 saturated heterocycles. The number of fused-ring (bicyclic) bond motifs is 1. The molecule has 0 unspecified atom stereocenters. The second-order valence-corrected chi connectivity index (χ2v) is 5.69. The zero-order valence-corrected chi connectivity index (χ0v) is 11.0. The van der Waals surface area contributed by atoms with Crippen molar-refractivity contribution in [3.05, 3.63) is 23.5 Å². The predicted molar refractivity (Wildman–Crippen MR) is 68.9 cm³/mol. The molecule has 3 nitrogen and oxygen atoms in total. The number of imidazole rings is 1. The molecule has 2 heterocycles. The van der Waals surface area contributed by atoms with Crippen molar-refractivity contribution < 1.29 is 0 Å². The monoisotopic (exact) mass is 237 g/mol. The molecule has 0 amide bonds. The van der Waals surface area contributed by atoms with Gasteiger partial charge in [-0.1, -0.05) is 13.3 Å². The fourth-order valence-electron chi connectivity index (χ4n) is 1.90. The zero-order chi connectivity index (χ0) is 11.6. The third-order valence-electron chi connectivity index (χ3n) is 2.77. The lowest BCUT2D eigenvalue weighted by atomic mass is 9.99. The zero-order valence-electron chi connectivity index (χ0n) is 10.2. The summed E-state index contributed by atoms with van der Waals surface area (Å²) in [6.45, 7) is 7.56. The van der Waals surface area contributed by atoms with Gasteiger partial charge in [-0.15, -0.1) is 11.3 Å². The highest BCUT2D eigenvalue weighted by atomic mass is 32.1. The van der Waals surface area contributed by atoms with E-state index in [1.165, 1.54) is 12.8 Å². The molecule has 0 fully saturated rings. The van der Waals surface area contributed by atoms with Gasteiger partial charge >= 0.3 is 0 Å². The fraction of sp³-hybridized carbons (Fsp3) is 0.583. The molecule has 2 aromatic rings. The molecular formula is C12H19N3S. The number of hydrogen-bond donors (Lipinski definition) is 1. The van der Waals surface area contributed by atoms with Crippen LogP contribution in [0.15, 0.2) is 17.8 Å². The van der Waals surface area contributed by atoms with E-state index in [-0.39, 0.29) is 5.54 Å². The first-order valence-electron chi connectivity index (χ1n) is 5.77. The molecule has 0 saturated carbocycles. The molecule has 0 aliphatic carbocycles. The van der Waals surface area contributed by atoms with Gasteiger partial charge in [0.05, 0.1) is 5.69 Å². The number of nitrogens with one attached hydrogen (secondary N) is 1. The van der Waals surface area contributed by atoms with Crippen molar-refractivity contribution in [2.24, 2.45) is 0 Å². The van der Waals surface area contributed by atoms with Crippen molar-refractivity contribution in [3.63, 3.8) is 0 Å². The van der Waals surface area contributed by atoms with Crippen LogP contribution < -0.4 is 5.32 Å². The van der Waals surface area contributed by atoms with Crippen LogP contribution in [0.4, 0.5) is 0 Å². The standard InChI is InChI=1S/C12H19N3S/c1-4-5-12(2,3)13-8-10-9-15-6-7-16-11(15)14-10/h6-7,9,13H,4-5,8H2,1-3H3. The lowest BCUT2D eigenvalue weighted by molar-refractivity contribution is 0.355. The minimum atomic E-state index is 0.200. The van der Waals surface area contributed by atoms with E-state index >= 15 is 0 Å². The van der Waals surface area contributed by atoms with Crippen molar-refractivity contribution in [2.45, 2.75) is 45.7 Å². The Morgan fingerprint density at radius 1 is 1.50 bits per heavy atom. The van der Waals surface area contributed by atoms with Gasteiger partial charge in [-0.25, -0.2) is 4.98 Å². The molecule has 0 spiro atoms. The minimum absolute atomic E-state index is 0.200. The fourth-order valence-corrected chi connectivity index (χ4v) is 2.62. The molecule has 0 aliphatic heterocycles. The number of thiazole rings is 1. The molecule has 88 valence electrons. The van der Waals surface area contributed by atoms with Crippen LogP contribution in [0.1, 0.15) is 39.3 Å². The molecule has 0 aliphatic rings. The van der Waals surface area contributed by atoms with E-state index in [1.54, 1.807) is 11.3 Å². The smallest absolute Gasteiger partial charge is 0.193 e. The molecule has 2 rings (SSSR count). The Kier molecular flexibility index (Phi) is 3.30. The number of hydrogen-bond acceptors (Lipinski definition) is 3. The summed E-state index contributed by atoms with van der Waals surface area (Å²) in [5.41, 5.74) is 1.32. The Hall–Kier alpha value is -0.870. The van der Waals surface area contributed by atoms with Gasteiger partial charge in [-0.05, 0) is 20.3 Å². The topological polar surface area (TPSA) is 29.3 Å². The van der Waals surface area contributed by atoms with Gasteiger partial charge in [0.25, 0.3) is 0 Å². The van der Waals surface area contributed by atoms with Crippen LogP contribution in [-0.4, -0.2) is 14.9 Å². The van der Waals surface area contributed by atoms with Crippen LogP contribution in [0.25, 0.3) is 4.96 Å². The van der Waals surface area contributed by atoms with Crippen LogP contribution in [0.3, 0.4) is 0 Å². The Morgan fingerprint density at radius 3 is 3.00 bits per heavy atom. The van der Waals surface area contributed by atoms with Crippen molar-refractivity contribution in [3.8, 4) is 0 Å². The normalized spacial score (nSPS) is 12.4. The SMILES string of the molecule is CCCC(C)(C)NCc1cn2ccsc2n1. The maximum Gasteiger partial charge on any atom is 0.193 e. The Balaban J connectivity index is 1.97. The molecule has 0 atom stereocenters. The van der Waals surface area contributed by atoms with Gasteiger partial charge in [-0.3, -0.25) is 4.40 Å². The van der Waals surface area contributed by atoms with Crippen LogP contribution in [0, 0.1) is 0 Å². The van der Waals surface area contributed by atoms with E-state index in [1.807, 2.05) is 6.20 Å². The molecular weight excluding hydrogens is 218 g/mol. The first-order chi connectivity index (χ1) is 7.61. The minimum Gasteiger partial charge on any atom is -0.306 e. The number of aromatic nitrogens is 2. The summed E-state index contributed by atoms with van der Waals surface area (Å²) in [6.07, 6.45) is 6.54. The first kappa shape index (κ1) is 11.6. The maximum atomic E-state index is 4.55. The molecule has 2 aromatic heterocycles. The molecule has 0 bridgehead atoms.